The summed E-state index contributed by atoms with van der Waals surface area (Å²) in [6, 6.07) is 2.81. The van der Waals surface area contributed by atoms with Gasteiger partial charge in [-0.05, 0) is 25.0 Å². The van der Waals surface area contributed by atoms with Crippen LogP contribution < -0.4 is 11.1 Å². The normalized spacial score (nSPS) is 10.1. The minimum absolute atomic E-state index is 0.0642. The summed E-state index contributed by atoms with van der Waals surface area (Å²) in [4.78, 5) is 25.4. The fraction of sp³-hybridized carbons (Fsp3) is 0.364. The summed E-state index contributed by atoms with van der Waals surface area (Å²) >= 11 is 5.70. The number of carboxylic acids is 1. The molecular formula is C11H14ClN3O3. The molecule has 1 aromatic rings. The number of anilines is 1. The molecule has 18 heavy (non-hydrogen) atoms. The lowest BCUT2D eigenvalue weighted by Crippen LogP contribution is -2.12. The second kappa shape index (κ2) is 6.80. The number of primary amides is 1. The molecule has 0 aliphatic heterocycles. The minimum Gasteiger partial charge on any atom is -0.478 e. The van der Waals surface area contributed by atoms with Crippen LogP contribution in [-0.4, -0.2) is 28.5 Å². The maximum Gasteiger partial charge on any atom is 0.339 e. The average Bonchev–Trinajstić information content (AvgIpc) is 2.27. The van der Waals surface area contributed by atoms with E-state index in [0.29, 0.717) is 25.8 Å². The fourth-order valence-electron chi connectivity index (χ4n) is 1.37. The van der Waals surface area contributed by atoms with Gasteiger partial charge in [0, 0.05) is 13.0 Å². The molecular weight excluding hydrogens is 258 g/mol. The molecule has 0 aromatic carbocycles. The Balaban J connectivity index is 2.53. The zero-order valence-electron chi connectivity index (χ0n) is 9.65. The van der Waals surface area contributed by atoms with Crippen LogP contribution in [-0.2, 0) is 4.79 Å². The van der Waals surface area contributed by atoms with Crippen molar-refractivity contribution in [3.63, 3.8) is 0 Å². The number of nitrogens with zero attached hydrogens (tertiary/aromatic N) is 1. The van der Waals surface area contributed by atoms with Gasteiger partial charge in [-0.25, -0.2) is 9.78 Å². The molecule has 7 heteroatoms. The van der Waals surface area contributed by atoms with Crippen molar-refractivity contribution in [3.8, 4) is 0 Å². The topological polar surface area (TPSA) is 105 Å². The molecule has 0 saturated heterocycles. The molecule has 4 N–H and O–H groups in total. The van der Waals surface area contributed by atoms with Crippen LogP contribution in [0.25, 0.3) is 0 Å². The molecule has 0 unspecified atom stereocenters. The summed E-state index contributed by atoms with van der Waals surface area (Å²) in [7, 11) is 0. The molecule has 1 heterocycles. The zero-order chi connectivity index (χ0) is 13.5. The Bertz CT molecular complexity index is 451. The standard InChI is InChI=1S/C11H14ClN3O3/c12-8-5-4-7(11(17)18)10(15-8)14-6-2-1-3-9(13)16/h4-5H,1-3,6H2,(H2,13,16)(H,14,15)(H,17,18). The van der Waals surface area contributed by atoms with E-state index in [9.17, 15) is 9.59 Å². The van der Waals surface area contributed by atoms with Crippen molar-refractivity contribution in [2.45, 2.75) is 19.3 Å². The zero-order valence-corrected chi connectivity index (χ0v) is 10.4. The highest BCUT2D eigenvalue weighted by Gasteiger charge is 2.11. The Kier molecular flexibility index (Phi) is 5.38. The Labute approximate surface area is 109 Å². The van der Waals surface area contributed by atoms with E-state index in [-0.39, 0.29) is 22.4 Å². The molecule has 0 spiro atoms. The van der Waals surface area contributed by atoms with E-state index in [0.717, 1.165) is 0 Å². The Morgan fingerprint density at radius 3 is 2.72 bits per heavy atom. The van der Waals surface area contributed by atoms with Crippen LogP contribution in [0.4, 0.5) is 5.82 Å². The number of carboxylic acid groups (broad SMARTS) is 1. The highest BCUT2D eigenvalue weighted by molar-refractivity contribution is 6.29. The van der Waals surface area contributed by atoms with E-state index in [1.165, 1.54) is 12.1 Å². The second-order valence-electron chi connectivity index (χ2n) is 3.69. The molecule has 0 fully saturated rings. The molecule has 1 amide bonds. The number of carbonyl (C=O) groups is 2. The van der Waals surface area contributed by atoms with Crippen LogP contribution in [0, 0.1) is 0 Å². The molecule has 0 radical (unpaired) electrons. The van der Waals surface area contributed by atoms with Crippen molar-refractivity contribution in [1.29, 1.82) is 0 Å². The number of rotatable bonds is 7. The van der Waals surface area contributed by atoms with Crippen molar-refractivity contribution >= 4 is 29.3 Å². The Hall–Kier alpha value is -1.82. The van der Waals surface area contributed by atoms with Crippen molar-refractivity contribution in [3.05, 3.63) is 22.8 Å². The lowest BCUT2D eigenvalue weighted by atomic mass is 10.2. The summed E-state index contributed by atoms with van der Waals surface area (Å²) in [5.41, 5.74) is 5.07. The number of amides is 1. The van der Waals surface area contributed by atoms with Gasteiger partial charge in [0.05, 0.1) is 0 Å². The lowest BCUT2D eigenvalue weighted by molar-refractivity contribution is -0.118. The van der Waals surface area contributed by atoms with Gasteiger partial charge in [0.2, 0.25) is 5.91 Å². The first kappa shape index (κ1) is 14.2. The fourth-order valence-corrected chi connectivity index (χ4v) is 1.52. The van der Waals surface area contributed by atoms with Crippen molar-refractivity contribution in [1.82, 2.24) is 4.98 Å². The predicted molar refractivity (Wildman–Crippen MR) is 67.7 cm³/mol. The van der Waals surface area contributed by atoms with Crippen molar-refractivity contribution < 1.29 is 14.7 Å². The SMILES string of the molecule is NC(=O)CCCCNc1nc(Cl)ccc1C(=O)O. The van der Waals surface area contributed by atoms with Gasteiger partial charge >= 0.3 is 5.97 Å². The third-order valence-corrected chi connectivity index (χ3v) is 2.44. The van der Waals surface area contributed by atoms with Crippen LogP contribution in [0.15, 0.2) is 12.1 Å². The smallest absolute Gasteiger partial charge is 0.339 e. The maximum atomic E-state index is 10.9. The average molecular weight is 272 g/mol. The van der Waals surface area contributed by atoms with Crippen LogP contribution in [0.5, 0.6) is 0 Å². The summed E-state index contributed by atoms with van der Waals surface area (Å²) in [5.74, 6) is -1.19. The second-order valence-corrected chi connectivity index (χ2v) is 4.07. The quantitative estimate of drug-likeness (QED) is 0.515. The van der Waals surface area contributed by atoms with Gasteiger partial charge < -0.3 is 16.2 Å². The molecule has 6 nitrogen and oxygen atoms in total. The largest absolute Gasteiger partial charge is 0.478 e. The number of hydrogen-bond donors (Lipinski definition) is 3. The van der Waals surface area contributed by atoms with E-state index in [1.807, 2.05) is 0 Å². The summed E-state index contributed by atoms with van der Waals surface area (Å²) in [6.45, 7) is 0.501. The number of nitrogens with one attached hydrogen (secondary N) is 1. The van der Waals surface area contributed by atoms with Crippen LogP contribution >= 0.6 is 11.6 Å². The van der Waals surface area contributed by atoms with E-state index < -0.39 is 5.97 Å². The van der Waals surface area contributed by atoms with E-state index in [1.54, 1.807) is 0 Å². The Morgan fingerprint density at radius 1 is 1.39 bits per heavy atom. The maximum absolute atomic E-state index is 10.9. The van der Waals surface area contributed by atoms with E-state index in [2.05, 4.69) is 10.3 Å². The van der Waals surface area contributed by atoms with Gasteiger partial charge in [0.25, 0.3) is 0 Å². The Morgan fingerprint density at radius 2 is 2.11 bits per heavy atom. The number of carbonyl (C=O) groups excluding carboxylic acids is 1. The molecule has 0 atom stereocenters. The highest BCUT2D eigenvalue weighted by atomic mass is 35.5. The number of unbranched alkanes of at least 4 members (excludes halogenated alkanes) is 1. The molecule has 0 bridgehead atoms. The lowest BCUT2D eigenvalue weighted by Gasteiger charge is -2.08. The summed E-state index contributed by atoms with van der Waals surface area (Å²) < 4.78 is 0. The van der Waals surface area contributed by atoms with Crippen molar-refractivity contribution in [2.24, 2.45) is 5.73 Å². The predicted octanol–water partition coefficient (Wildman–Crippen LogP) is 1.50. The van der Waals surface area contributed by atoms with Gasteiger partial charge in [0.1, 0.15) is 16.5 Å². The van der Waals surface area contributed by atoms with E-state index >= 15 is 0 Å². The third-order valence-electron chi connectivity index (χ3n) is 2.23. The van der Waals surface area contributed by atoms with Crippen LogP contribution in [0.1, 0.15) is 29.6 Å². The van der Waals surface area contributed by atoms with Gasteiger partial charge in [-0.1, -0.05) is 11.6 Å². The molecule has 0 saturated carbocycles. The molecule has 0 aliphatic rings. The first-order chi connectivity index (χ1) is 8.50. The van der Waals surface area contributed by atoms with Crippen LogP contribution in [0.2, 0.25) is 5.15 Å². The molecule has 1 aromatic heterocycles. The van der Waals surface area contributed by atoms with Gasteiger partial charge in [-0.2, -0.15) is 0 Å². The van der Waals surface area contributed by atoms with Crippen LogP contribution in [0.3, 0.4) is 0 Å². The molecule has 1 rings (SSSR count). The minimum atomic E-state index is -1.07. The summed E-state index contributed by atoms with van der Waals surface area (Å²) in [5, 5.41) is 12.1. The highest BCUT2D eigenvalue weighted by Crippen LogP contribution is 2.16. The van der Waals surface area contributed by atoms with Gasteiger partial charge in [0.15, 0.2) is 0 Å². The summed E-state index contributed by atoms with van der Waals surface area (Å²) in [6.07, 6.45) is 1.65. The number of nitrogens with two attached hydrogens (primary N) is 1. The monoisotopic (exact) mass is 271 g/mol. The van der Waals surface area contributed by atoms with Crippen molar-refractivity contribution in [2.75, 3.05) is 11.9 Å². The number of aromatic nitrogens is 1. The number of halogens is 1. The number of pyridine rings is 1. The van der Waals surface area contributed by atoms with E-state index in [4.69, 9.17) is 22.4 Å². The number of hydrogen-bond acceptors (Lipinski definition) is 4. The van der Waals surface area contributed by atoms with Gasteiger partial charge in [-0.3, -0.25) is 4.79 Å². The molecule has 98 valence electrons. The first-order valence-electron chi connectivity index (χ1n) is 5.42. The molecule has 0 aliphatic carbocycles. The number of aromatic carboxylic acids is 1. The first-order valence-corrected chi connectivity index (χ1v) is 5.80. The van der Waals surface area contributed by atoms with Gasteiger partial charge in [-0.15, -0.1) is 0 Å². The third kappa shape index (κ3) is 4.58.